The molecule has 2 heterocycles. The Balaban J connectivity index is 2.03. The number of benzene rings is 1. The molecule has 7 nitrogen and oxygen atoms in total. The smallest absolute Gasteiger partial charge is 0.331 e. The highest BCUT2D eigenvalue weighted by molar-refractivity contribution is 5.84. The normalized spacial score (nSPS) is 11.5. The lowest BCUT2D eigenvalue weighted by Crippen LogP contribution is -2.32. The van der Waals surface area contributed by atoms with Gasteiger partial charge in [-0.2, -0.15) is 0 Å². The lowest BCUT2D eigenvalue weighted by molar-refractivity contribution is 0.392. The predicted molar refractivity (Wildman–Crippen MR) is 98.6 cm³/mol. The molecule has 2 aromatic heterocycles. The van der Waals surface area contributed by atoms with E-state index in [0.29, 0.717) is 11.4 Å². The van der Waals surface area contributed by atoms with E-state index >= 15 is 0 Å². The predicted octanol–water partition coefficient (Wildman–Crippen LogP) is 2.76. The number of hydrogen-bond donors (Lipinski definition) is 2. The Labute approximate surface area is 149 Å². The topological polar surface area (TPSA) is 101 Å². The lowest BCUT2D eigenvalue weighted by Gasteiger charge is -2.09. The molecule has 0 atom stereocenters. The molecule has 0 saturated heterocycles. The summed E-state index contributed by atoms with van der Waals surface area (Å²) in [6.07, 6.45) is 2.74. The van der Waals surface area contributed by atoms with Gasteiger partial charge in [-0.1, -0.05) is 32.0 Å². The molecule has 7 heteroatoms. The minimum Gasteiger partial charge on any atom is -0.494 e. The number of hydrogen-bond acceptors (Lipinski definition) is 5. The maximum Gasteiger partial charge on any atom is 0.331 e. The Morgan fingerprint density at radius 3 is 2.69 bits per heavy atom. The molecule has 0 aliphatic heterocycles. The fourth-order valence-electron chi connectivity index (χ4n) is 2.62. The van der Waals surface area contributed by atoms with Crippen molar-refractivity contribution in [3.05, 3.63) is 80.4 Å². The Hall–Kier alpha value is -3.35. The van der Waals surface area contributed by atoms with Gasteiger partial charge in [0, 0.05) is 6.21 Å². The summed E-state index contributed by atoms with van der Waals surface area (Å²) in [4.78, 5) is 30.7. The molecule has 1 aromatic carbocycles. The molecule has 0 bridgehead atoms. The highest BCUT2D eigenvalue weighted by atomic mass is 16.3. The van der Waals surface area contributed by atoms with E-state index in [2.05, 4.69) is 9.98 Å². The zero-order valence-electron chi connectivity index (χ0n) is 14.5. The van der Waals surface area contributed by atoms with E-state index in [1.54, 1.807) is 12.1 Å². The largest absolute Gasteiger partial charge is 0.494 e. The van der Waals surface area contributed by atoms with Gasteiger partial charge in [0.25, 0.3) is 5.56 Å². The molecule has 0 spiro atoms. The first-order valence-corrected chi connectivity index (χ1v) is 8.19. The fraction of sp³-hybridized carbons (Fsp3) is 0.211. The van der Waals surface area contributed by atoms with Crippen LogP contribution in [0, 0.1) is 0 Å². The first kappa shape index (κ1) is 17.5. The Bertz CT molecular complexity index is 1040. The zero-order valence-corrected chi connectivity index (χ0v) is 14.5. The van der Waals surface area contributed by atoms with Crippen molar-refractivity contribution in [3.63, 3.8) is 0 Å². The summed E-state index contributed by atoms with van der Waals surface area (Å²) in [6.45, 7) is 4.09. The number of aliphatic imine (C=N–C) groups is 1. The fourth-order valence-corrected chi connectivity index (χ4v) is 2.62. The lowest BCUT2D eigenvalue weighted by atomic mass is 10.0. The standard InChI is InChI=1S/C19H19N3O4/c1-12(2)14-7-3-4-8-16(14)20-10-15-17(23)21-19(25)22(18(15)24)11-13-6-5-9-26-13/h3-10,12,24H,11H2,1-2H3,(H,21,23,25). The summed E-state index contributed by atoms with van der Waals surface area (Å²) in [6, 6.07) is 10.9. The summed E-state index contributed by atoms with van der Waals surface area (Å²) in [5, 5.41) is 10.4. The van der Waals surface area contributed by atoms with Crippen molar-refractivity contribution in [1.82, 2.24) is 9.55 Å². The van der Waals surface area contributed by atoms with E-state index in [-0.39, 0.29) is 18.0 Å². The van der Waals surface area contributed by atoms with Gasteiger partial charge in [-0.15, -0.1) is 0 Å². The number of furan rings is 1. The van der Waals surface area contributed by atoms with E-state index in [9.17, 15) is 14.7 Å². The SMILES string of the molecule is CC(C)c1ccccc1N=Cc1c(O)n(Cc2ccco2)c(=O)[nH]c1=O. The molecule has 2 N–H and O–H groups in total. The third-order valence-electron chi connectivity index (χ3n) is 3.99. The molecule has 0 amide bonds. The summed E-state index contributed by atoms with van der Waals surface area (Å²) >= 11 is 0. The number of rotatable bonds is 5. The maximum atomic E-state index is 12.1. The third kappa shape index (κ3) is 3.51. The first-order chi connectivity index (χ1) is 12.5. The summed E-state index contributed by atoms with van der Waals surface area (Å²) in [5.74, 6) is 0.270. The maximum absolute atomic E-state index is 12.1. The zero-order chi connectivity index (χ0) is 18.7. The summed E-state index contributed by atoms with van der Waals surface area (Å²) in [7, 11) is 0. The van der Waals surface area contributed by atoms with Crippen molar-refractivity contribution >= 4 is 11.9 Å². The molecule has 0 aliphatic rings. The number of nitrogens with one attached hydrogen (secondary N) is 1. The van der Waals surface area contributed by atoms with Crippen LogP contribution in [0.3, 0.4) is 0 Å². The summed E-state index contributed by atoms with van der Waals surface area (Å²) in [5.41, 5.74) is 0.209. The molecular weight excluding hydrogens is 334 g/mol. The molecular formula is C19H19N3O4. The van der Waals surface area contributed by atoms with Crippen LogP contribution in [0.4, 0.5) is 5.69 Å². The van der Waals surface area contributed by atoms with Crippen molar-refractivity contribution in [2.45, 2.75) is 26.3 Å². The van der Waals surface area contributed by atoms with Crippen molar-refractivity contribution in [2.75, 3.05) is 0 Å². The van der Waals surface area contributed by atoms with E-state index in [0.717, 1.165) is 10.1 Å². The number of aromatic amines is 1. The van der Waals surface area contributed by atoms with Crippen molar-refractivity contribution in [2.24, 2.45) is 4.99 Å². The second kappa shape index (κ2) is 7.26. The van der Waals surface area contributed by atoms with Crippen LogP contribution in [0.5, 0.6) is 5.88 Å². The van der Waals surface area contributed by atoms with Crippen molar-refractivity contribution < 1.29 is 9.52 Å². The molecule has 3 aromatic rings. The van der Waals surface area contributed by atoms with Gasteiger partial charge in [0.05, 0.1) is 18.5 Å². The van der Waals surface area contributed by atoms with E-state index in [4.69, 9.17) is 4.42 Å². The Morgan fingerprint density at radius 1 is 1.23 bits per heavy atom. The van der Waals surface area contributed by atoms with Crippen LogP contribution in [-0.4, -0.2) is 20.9 Å². The molecule has 26 heavy (non-hydrogen) atoms. The highest BCUT2D eigenvalue weighted by Gasteiger charge is 2.14. The Morgan fingerprint density at radius 2 is 2.00 bits per heavy atom. The number of aromatic nitrogens is 2. The van der Waals surface area contributed by atoms with Gasteiger partial charge in [0.15, 0.2) is 0 Å². The molecule has 0 radical (unpaired) electrons. The van der Waals surface area contributed by atoms with Crippen LogP contribution < -0.4 is 11.2 Å². The highest BCUT2D eigenvalue weighted by Crippen LogP contribution is 2.26. The van der Waals surface area contributed by atoms with Gasteiger partial charge in [-0.25, -0.2) is 4.79 Å². The van der Waals surface area contributed by atoms with E-state index in [1.807, 2.05) is 38.1 Å². The minimum atomic E-state index is -0.719. The van der Waals surface area contributed by atoms with Gasteiger partial charge in [0.2, 0.25) is 5.88 Å². The van der Waals surface area contributed by atoms with Gasteiger partial charge >= 0.3 is 5.69 Å². The number of H-pyrrole nitrogens is 1. The van der Waals surface area contributed by atoms with Gasteiger partial charge < -0.3 is 9.52 Å². The van der Waals surface area contributed by atoms with Crippen LogP contribution in [0.25, 0.3) is 0 Å². The molecule has 0 aliphatic carbocycles. The average molecular weight is 353 g/mol. The molecule has 0 saturated carbocycles. The number of aromatic hydroxyl groups is 1. The first-order valence-electron chi connectivity index (χ1n) is 8.19. The number of para-hydroxylation sites is 1. The number of nitrogens with zero attached hydrogens (tertiary/aromatic N) is 2. The van der Waals surface area contributed by atoms with Crippen molar-refractivity contribution in [3.8, 4) is 5.88 Å². The van der Waals surface area contributed by atoms with Crippen LogP contribution in [0.2, 0.25) is 0 Å². The quantitative estimate of drug-likeness (QED) is 0.689. The minimum absolute atomic E-state index is 0.00212. The van der Waals surface area contributed by atoms with E-state index < -0.39 is 17.1 Å². The van der Waals surface area contributed by atoms with Gasteiger partial charge in [-0.3, -0.25) is 19.3 Å². The van der Waals surface area contributed by atoms with Gasteiger partial charge in [-0.05, 0) is 29.7 Å². The molecule has 0 unspecified atom stereocenters. The molecule has 0 fully saturated rings. The molecule has 3 rings (SSSR count). The summed E-state index contributed by atoms with van der Waals surface area (Å²) < 4.78 is 6.22. The van der Waals surface area contributed by atoms with Crippen LogP contribution >= 0.6 is 0 Å². The van der Waals surface area contributed by atoms with Gasteiger partial charge in [0.1, 0.15) is 11.3 Å². The molecule has 134 valence electrons. The third-order valence-corrected chi connectivity index (χ3v) is 3.99. The van der Waals surface area contributed by atoms with Crippen LogP contribution in [0.1, 0.15) is 36.7 Å². The van der Waals surface area contributed by atoms with Crippen LogP contribution in [-0.2, 0) is 6.54 Å². The van der Waals surface area contributed by atoms with Crippen molar-refractivity contribution in [1.29, 1.82) is 0 Å². The Kier molecular flexibility index (Phi) is 4.88. The second-order valence-electron chi connectivity index (χ2n) is 6.13. The monoisotopic (exact) mass is 353 g/mol. The second-order valence-corrected chi connectivity index (χ2v) is 6.13. The average Bonchev–Trinajstić information content (AvgIpc) is 3.12. The van der Waals surface area contributed by atoms with Crippen LogP contribution in [0.15, 0.2) is 61.7 Å². The van der Waals surface area contributed by atoms with E-state index in [1.165, 1.54) is 12.5 Å².